The van der Waals surface area contributed by atoms with Crippen LogP contribution in [0, 0.1) is 5.41 Å². The van der Waals surface area contributed by atoms with E-state index in [9.17, 15) is 4.39 Å². The average molecular weight is 290 g/mol. The summed E-state index contributed by atoms with van der Waals surface area (Å²) in [4.78, 5) is 0. The van der Waals surface area contributed by atoms with Crippen molar-refractivity contribution in [3.8, 4) is 0 Å². The van der Waals surface area contributed by atoms with E-state index in [0.717, 1.165) is 31.5 Å². The second kappa shape index (κ2) is 4.99. The van der Waals surface area contributed by atoms with Crippen LogP contribution in [-0.4, -0.2) is 13.1 Å². The largest absolute Gasteiger partial charge is 0.317 e. The van der Waals surface area contributed by atoms with E-state index in [2.05, 4.69) is 5.32 Å². The molecule has 1 spiro atoms. The third kappa shape index (κ3) is 2.38. The monoisotopic (exact) mass is 289 g/mol. The van der Waals surface area contributed by atoms with Gasteiger partial charge in [0.05, 0.1) is 0 Å². The molecule has 0 bridgehead atoms. The lowest BCUT2D eigenvalue weighted by Crippen LogP contribution is -2.51. The number of hydrogen-bond donors (Lipinski definition) is 1. The molecule has 1 N–H and O–H groups in total. The number of rotatable bonds is 1. The van der Waals surface area contributed by atoms with Crippen molar-refractivity contribution in [3.05, 3.63) is 34.9 Å². The summed E-state index contributed by atoms with van der Waals surface area (Å²) in [6.45, 7) is 2.07. The third-order valence-corrected chi connectivity index (χ3v) is 4.55. The lowest BCUT2D eigenvalue weighted by Gasteiger charge is -2.54. The molecule has 0 unspecified atom stereocenters. The van der Waals surface area contributed by atoms with Crippen molar-refractivity contribution in [2.45, 2.75) is 31.4 Å². The van der Waals surface area contributed by atoms with Crippen molar-refractivity contribution in [1.82, 2.24) is 5.32 Å². The van der Waals surface area contributed by atoms with E-state index in [1.165, 1.54) is 0 Å². The molecule has 1 heterocycles. The first-order valence-electron chi connectivity index (χ1n) is 6.28. The van der Waals surface area contributed by atoms with E-state index in [-0.39, 0.29) is 17.8 Å². The van der Waals surface area contributed by atoms with Gasteiger partial charge in [-0.25, -0.2) is 4.39 Å². The molecular formula is C14H18Cl2FN. The minimum atomic E-state index is -1.14. The van der Waals surface area contributed by atoms with Gasteiger partial charge in [0.25, 0.3) is 0 Å². The van der Waals surface area contributed by atoms with Gasteiger partial charge < -0.3 is 5.32 Å². The smallest absolute Gasteiger partial charge is 0.137 e. The first kappa shape index (κ1) is 14.1. The van der Waals surface area contributed by atoms with Gasteiger partial charge in [0.2, 0.25) is 0 Å². The Bertz CT molecular complexity index is 422. The molecule has 1 saturated carbocycles. The third-order valence-electron chi connectivity index (χ3n) is 4.32. The molecule has 1 nitrogen and oxygen atoms in total. The van der Waals surface area contributed by atoms with Crippen LogP contribution in [0.15, 0.2) is 24.3 Å². The minimum Gasteiger partial charge on any atom is -0.317 e. The Hall–Kier alpha value is -0.310. The van der Waals surface area contributed by atoms with Gasteiger partial charge in [-0.2, -0.15) is 0 Å². The molecule has 3 rings (SSSR count). The van der Waals surface area contributed by atoms with Crippen molar-refractivity contribution < 1.29 is 4.39 Å². The van der Waals surface area contributed by atoms with Gasteiger partial charge in [0.15, 0.2) is 0 Å². The molecule has 0 radical (unpaired) electrons. The second-order valence-electron chi connectivity index (χ2n) is 5.58. The van der Waals surface area contributed by atoms with Gasteiger partial charge in [-0.3, -0.25) is 0 Å². The lowest BCUT2D eigenvalue weighted by atomic mass is 9.54. The fourth-order valence-corrected chi connectivity index (χ4v) is 3.61. The Morgan fingerprint density at radius 3 is 2.44 bits per heavy atom. The van der Waals surface area contributed by atoms with E-state index in [1.54, 1.807) is 12.1 Å². The van der Waals surface area contributed by atoms with Crippen LogP contribution < -0.4 is 5.32 Å². The Balaban J connectivity index is 0.00000120. The van der Waals surface area contributed by atoms with Crippen molar-refractivity contribution in [2.24, 2.45) is 5.41 Å². The van der Waals surface area contributed by atoms with Gasteiger partial charge >= 0.3 is 0 Å². The predicted molar refractivity (Wildman–Crippen MR) is 75.3 cm³/mol. The SMILES string of the molecule is Cl.FC1(c2cccc(Cl)c2)CC2(CCNCC2)C1. The van der Waals surface area contributed by atoms with Gasteiger partial charge in [0, 0.05) is 5.02 Å². The Kier molecular flexibility index (Phi) is 3.91. The summed E-state index contributed by atoms with van der Waals surface area (Å²) >= 11 is 5.93. The van der Waals surface area contributed by atoms with Crippen molar-refractivity contribution >= 4 is 24.0 Å². The fourth-order valence-electron chi connectivity index (χ4n) is 3.42. The highest BCUT2D eigenvalue weighted by molar-refractivity contribution is 6.30. The van der Waals surface area contributed by atoms with Crippen molar-refractivity contribution in [2.75, 3.05) is 13.1 Å². The van der Waals surface area contributed by atoms with Crippen LogP contribution in [0.2, 0.25) is 5.02 Å². The number of alkyl halides is 1. The first-order valence-corrected chi connectivity index (χ1v) is 6.66. The highest BCUT2D eigenvalue weighted by Crippen LogP contribution is 2.60. The van der Waals surface area contributed by atoms with Gasteiger partial charge in [-0.05, 0) is 61.9 Å². The molecule has 4 heteroatoms. The number of benzene rings is 1. The van der Waals surface area contributed by atoms with Crippen LogP contribution in [0.3, 0.4) is 0 Å². The van der Waals surface area contributed by atoms with E-state index >= 15 is 0 Å². The number of piperidine rings is 1. The quantitative estimate of drug-likeness (QED) is 0.821. The molecule has 0 amide bonds. The van der Waals surface area contributed by atoms with E-state index in [1.807, 2.05) is 12.1 Å². The summed E-state index contributed by atoms with van der Waals surface area (Å²) in [6.07, 6.45) is 3.56. The van der Waals surface area contributed by atoms with Gasteiger partial charge in [0.1, 0.15) is 5.67 Å². The molecular weight excluding hydrogens is 272 g/mol. The summed E-state index contributed by atoms with van der Waals surface area (Å²) < 4.78 is 14.8. The summed E-state index contributed by atoms with van der Waals surface area (Å²) in [5, 5.41) is 3.97. The summed E-state index contributed by atoms with van der Waals surface area (Å²) in [6, 6.07) is 7.27. The maximum absolute atomic E-state index is 14.8. The van der Waals surface area contributed by atoms with Crippen LogP contribution in [0.5, 0.6) is 0 Å². The Labute approximate surface area is 119 Å². The van der Waals surface area contributed by atoms with Crippen LogP contribution >= 0.6 is 24.0 Å². The molecule has 18 heavy (non-hydrogen) atoms. The van der Waals surface area contributed by atoms with Crippen LogP contribution in [0.4, 0.5) is 4.39 Å². The molecule has 1 aliphatic heterocycles. The molecule has 100 valence electrons. The molecule has 1 aromatic carbocycles. The van der Waals surface area contributed by atoms with E-state index < -0.39 is 5.67 Å². The standard InChI is InChI=1S/C14H17ClFN.ClH/c15-12-3-1-2-11(8-12)14(16)9-13(10-14)4-6-17-7-5-13;/h1-3,8,17H,4-7,9-10H2;1H. The normalized spacial score (nSPS) is 24.1. The van der Waals surface area contributed by atoms with Crippen molar-refractivity contribution in [1.29, 1.82) is 0 Å². The van der Waals surface area contributed by atoms with Gasteiger partial charge in [-0.15, -0.1) is 12.4 Å². The van der Waals surface area contributed by atoms with Crippen LogP contribution in [0.1, 0.15) is 31.2 Å². The van der Waals surface area contributed by atoms with Gasteiger partial charge in [-0.1, -0.05) is 23.7 Å². The summed E-state index contributed by atoms with van der Waals surface area (Å²) in [5.74, 6) is 0. The zero-order valence-corrected chi connectivity index (χ0v) is 11.8. The number of hydrogen-bond acceptors (Lipinski definition) is 1. The molecule has 1 saturated heterocycles. The average Bonchev–Trinajstić information content (AvgIpc) is 2.28. The molecule has 1 aromatic rings. The van der Waals surface area contributed by atoms with E-state index in [0.29, 0.717) is 17.9 Å². The van der Waals surface area contributed by atoms with Crippen molar-refractivity contribution in [3.63, 3.8) is 0 Å². The summed E-state index contributed by atoms with van der Waals surface area (Å²) in [7, 11) is 0. The molecule has 0 aromatic heterocycles. The second-order valence-corrected chi connectivity index (χ2v) is 6.02. The zero-order chi connectivity index (χ0) is 11.9. The molecule has 2 fully saturated rings. The lowest BCUT2D eigenvalue weighted by molar-refractivity contribution is -0.0895. The maximum Gasteiger partial charge on any atom is 0.137 e. The zero-order valence-electron chi connectivity index (χ0n) is 10.2. The van der Waals surface area contributed by atoms with Crippen LogP contribution in [0.25, 0.3) is 0 Å². The maximum atomic E-state index is 14.8. The highest BCUT2D eigenvalue weighted by Gasteiger charge is 2.55. The number of halogens is 3. The van der Waals surface area contributed by atoms with E-state index in [4.69, 9.17) is 11.6 Å². The highest BCUT2D eigenvalue weighted by atomic mass is 35.5. The molecule has 2 aliphatic rings. The number of nitrogens with one attached hydrogen (secondary N) is 1. The fraction of sp³-hybridized carbons (Fsp3) is 0.571. The van der Waals surface area contributed by atoms with Crippen LogP contribution in [-0.2, 0) is 5.67 Å². The molecule has 0 atom stereocenters. The summed E-state index contributed by atoms with van der Waals surface area (Å²) in [5.41, 5.74) is -0.126. The Morgan fingerprint density at radius 1 is 1.17 bits per heavy atom. The minimum absolute atomic E-state index is 0. The molecule has 1 aliphatic carbocycles. The Morgan fingerprint density at radius 2 is 1.83 bits per heavy atom. The predicted octanol–water partition coefficient (Wildman–Crippen LogP) is 4.09. The first-order chi connectivity index (χ1) is 8.12. The topological polar surface area (TPSA) is 12.0 Å².